The summed E-state index contributed by atoms with van der Waals surface area (Å²) < 4.78 is 61.0. The average Bonchev–Trinajstić information content (AvgIpc) is 2.31. The summed E-state index contributed by atoms with van der Waals surface area (Å²) in [4.78, 5) is 0. The van der Waals surface area contributed by atoms with E-state index in [1.165, 1.54) is 0 Å². The Bertz CT molecular complexity index is 325. The Labute approximate surface area is 97.0 Å². The molecule has 8 heteroatoms. The van der Waals surface area contributed by atoms with Crippen LogP contribution < -0.4 is 0 Å². The summed E-state index contributed by atoms with van der Waals surface area (Å²) in [5.41, 5.74) is 0. The van der Waals surface area contributed by atoms with E-state index in [4.69, 9.17) is 12.8 Å². The number of terminal acetylenes is 2. The van der Waals surface area contributed by atoms with Crippen LogP contribution in [-0.2, 0) is 18.1 Å². The SMILES string of the molecule is C#CCOP(=O)(OCC#C)OCC(F)C(F)F. The molecule has 0 heterocycles. The van der Waals surface area contributed by atoms with Crippen LogP contribution >= 0.6 is 7.82 Å². The van der Waals surface area contributed by atoms with Gasteiger partial charge in [0.05, 0.1) is 6.61 Å². The van der Waals surface area contributed by atoms with Crippen molar-refractivity contribution in [3.63, 3.8) is 0 Å². The number of hydrogen-bond donors (Lipinski definition) is 0. The molecule has 0 aliphatic heterocycles. The van der Waals surface area contributed by atoms with Crippen molar-refractivity contribution >= 4 is 7.82 Å². The number of halogens is 3. The minimum absolute atomic E-state index is 0.451. The van der Waals surface area contributed by atoms with E-state index in [9.17, 15) is 17.7 Å². The van der Waals surface area contributed by atoms with Crippen molar-refractivity contribution in [2.24, 2.45) is 0 Å². The Kier molecular flexibility index (Phi) is 7.69. The van der Waals surface area contributed by atoms with Gasteiger partial charge in [0.25, 0.3) is 6.43 Å². The minimum atomic E-state index is -4.20. The quantitative estimate of drug-likeness (QED) is 0.500. The van der Waals surface area contributed by atoms with Gasteiger partial charge in [-0.3, -0.25) is 13.6 Å². The summed E-state index contributed by atoms with van der Waals surface area (Å²) in [6.45, 7) is -2.05. The van der Waals surface area contributed by atoms with Crippen molar-refractivity contribution in [2.75, 3.05) is 19.8 Å². The molecule has 0 saturated carbocycles. The lowest BCUT2D eigenvalue weighted by Crippen LogP contribution is -2.19. The lowest BCUT2D eigenvalue weighted by Gasteiger charge is -2.16. The number of phosphoric acid groups is 1. The normalized spacial score (nSPS) is 13.1. The summed E-state index contributed by atoms with van der Waals surface area (Å²) >= 11 is 0. The van der Waals surface area contributed by atoms with Crippen molar-refractivity contribution in [1.29, 1.82) is 0 Å². The van der Waals surface area contributed by atoms with Crippen molar-refractivity contribution in [3.8, 4) is 24.7 Å². The summed E-state index contributed by atoms with van der Waals surface area (Å²) in [6.07, 6.45) is 3.79. The molecule has 1 atom stereocenters. The minimum Gasteiger partial charge on any atom is -0.284 e. The van der Waals surface area contributed by atoms with E-state index in [-0.39, 0.29) is 0 Å². The van der Waals surface area contributed by atoms with E-state index in [2.05, 4.69) is 13.6 Å². The molecule has 1 unspecified atom stereocenters. The summed E-state index contributed by atoms with van der Waals surface area (Å²) in [7, 11) is -4.20. The highest BCUT2D eigenvalue weighted by molar-refractivity contribution is 7.48. The van der Waals surface area contributed by atoms with Gasteiger partial charge in [-0.25, -0.2) is 17.7 Å². The first-order valence-corrected chi connectivity index (χ1v) is 5.74. The van der Waals surface area contributed by atoms with Crippen LogP contribution in [0.4, 0.5) is 13.2 Å². The molecule has 0 aromatic rings. The second-order valence-electron chi connectivity index (χ2n) is 2.55. The molecule has 17 heavy (non-hydrogen) atoms. The molecule has 0 spiro atoms. The van der Waals surface area contributed by atoms with Gasteiger partial charge in [0.1, 0.15) is 13.2 Å². The van der Waals surface area contributed by atoms with Gasteiger partial charge < -0.3 is 0 Å². The van der Waals surface area contributed by atoms with E-state index in [0.29, 0.717) is 0 Å². The van der Waals surface area contributed by atoms with Gasteiger partial charge in [-0.05, 0) is 0 Å². The van der Waals surface area contributed by atoms with Crippen LogP contribution in [0.3, 0.4) is 0 Å². The zero-order chi connectivity index (χ0) is 13.3. The lowest BCUT2D eigenvalue weighted by molar-refractivity contribution is 0.0112. The summed E-state index contributed by atoms with van der Waals surface area (Å²) in [6, 6.07) is 0. The van der Waals surface area contributed by atoms with E-state index < -0.39 is 40.2 Å². The molecule has 96 valence electrons. The molecule has 0 saturated heterocycles. The Morgan fingerprint density at radius 1 is 1.06 bits per heavy atom. The molecule has 0 aromatic carbocycles. The maximum absolute atomic E-state index is 12.5. The molecule has 0 amide bonds. The highest BCUT2D eigenvalue weighted by Crippen LogP contribution is 2.49. The zero-order valence-corrected chi connectivity index (χ0v) is 9.54. The van der Waals surface area contributed by atoms with Crippen LogP contribution in [0.1, 0.15) is 0 Å². The third-order valence-corrected chi connectivity index (χ3v) is 2.63. The largest absolute Gasteiger partial charge is 0.476 e. The van der Waals surface area contributed by atoms with Crippen molar-refractivity contribution in [3.05, 3.63) is 0 Å². The van der Waals surface area contributed by atoms with Gasteiger partial charge in [0.15, 0.2) is 6.17 Å². The molecule has 0 aromatic heterocycles. The van der Waals surface area contributed by atoms with E-state index in [1.807, 2.05) is 11.8 Å². The van der Waals surface area contributed by atoms with Crippen LogP contribution in [0.15, 0.2) is 0 Å². The van der Waals surface area contributed by atoms with Gasteiger partial charge >= 0.3 is 7.82 Å². The molecule has 0 rings (SSSR count). The predicted octanol–water partition coefficient (Wildman–Crippen LogP) is 2.01. The van der Waals surface area contributed by atoms with Crippen LogP contribution in [0, 0.1) is 24.7 Å². The highest BCUT2D eigenvalue weighted by atomic mass is 31.2. The first kappa shape index (κ1) is 16.0. The highest BCUT2D eigenvalue weighted by Gasteiger charge is 2.30. The Morgan fingerprint density at radius 3 is 1.88 bits per heavy atom. The number of rotatable bonds is 8. The third kappa shape index (κ3) is 7.04. The first-order chi connectivity index (χ1) is 7.95. The second kappa shape index (κ2) is 8.16. The summed E-state index contributed by atoms with van der Waals surface area (Å²) in [5.74, 6) is 3.92. The Morgan fingerprint density at radius 2 is 1.53 bits per heavy atom. The monoisotopic (exact) mass is 270 g/mol. The molecule has 0 bridgehead atoms. The van der Waals surface area contributed by atoms with Gasteiger partial charge in [-0.1, -0.05) is 11.8 Å². The predicted molar refractivity (Wildman–Crippen MR) is 54.0 cm³/mol. The smallest absolute Gasteiger partial charge is 0.284 e. The standard InChI is InChI=1S/C9H10F3O4P/c1-3-5-14-17(13,15-6-4-2)16-7-8(10)9(11)12/h1-2,8-9H,5-7H2. The van der Waals surface area contributed by atoms with Crippen LogP contribution in [-0.4, -0.2) is 32.4 Å². The molecule has 0 radical (unpaired) electrons. The second-order valence-corrected chi connectivity index (χ2v) is 4.22. The maximum Gasteiger partial charge on any atom is 0.476 e. The van der Waals surface area contributed by atoms with Crippen molar-refractivity contribution in [1.82, 2.24) is 0 Å². The van der Waals surface area contributed by atoms with Crippen LogP contribution in [0.25, 0.3) is 0 Å². The van der Waals surface area contributed by atoms with Gasteiger partial charge in [-0.2, -0.15) is 0 Å². The fourth-order valence-electron chi connectivity index (χ4n) is 0.580. The Hall–Kier alpha value is -0.980. The molecule has 0 aliphatic carbocycles. The Balaban J connectivity index is 4.34. The fourth-order valence-corrected chi connectivity index (χ4v) is 1.59. The maximum atomic E-state index is 12.5. The average molecular weight is 270 g/mol. The van der Waals surface area contributed by atoms with E-state index in [1.54, 1.807) is 0 Å². The molecular formula is C9H10F3O4P. The van der Waals surface area contributed by atoms with E-state index in [0.717, 1.165) is 0 Å². The lowest BCUT2D eigenvalue weighted by atomic mass is 10.4. The number of phosphoric ester groups is 1. The van der Waals surface area contributed by atoms with Gasteiger partial charge in [-0.15, -0.1) is 12.8 Å². The van der Waals surface area contributed by atoms with Crippen molar-refractivity contribution < 1.29 is 31.3 Å². The number of alkyl halides is 3. The zero-order valence-electron chi connectivity index (χ0n) is 8.64. The molecule has 0 N–H and O–H groups in total. The fraction of sp³-hybridized carbons (Fsp3) is 0.556. The van der Waals surface area contributed by atoms with Crippen molar-refractivity contribution in [2.45, 2.75) is 12.6 Å². The molecular weight excluding hydrogens is 260 g/mol. The van der Waals surface area contributed by atoms with Crippen LogP contribution in [0.2, 0.25) is 0 Å². The molecule has 4 nitrogen and oxygen atoms in total. The topological polar surface area (TPSA) is 44.8 Å². The third-order valence-electron chi connectivity index (χ3n) is 1.28. The molecule has 0 aliphatic rings. The first-order valence-electron chi connectivity index (χ1n) is 4.28. The molecule has 0 fully saturated rings. The van der Waals surface area contributed by atoms with Crippen LogP contribution in [0.5, 0.6) is 0 Å². The summed E-state index contributed by atoms with van der Waals surface area (Å²) in [5, 5.41) is 0. The number of hydrogen-bond acceptors (Lipinski definition) is 4. The van der Waals surface area contributed by atoms with E-state index >= 15 is 0 Å². The van der Waals surface area contributed by atoms with Gasteiger partial charge in [0.2, 0.25) is 0 Å². The van der Waals surface area contributed by atoms with Gasteiger partial charge in [0, 0.05) is 0 Å².